The van der Waals surface area contributed by atoms with Crippen LogP contribution < -0.4 is 14.8 Å². The molecule has 0 saturated heterocycles. The monoisotopic (exact) mass is 220 g/mol. The van der Waals surface area contributed by atoms with E-state index in [0.29, 0.717) is 17.2 Å². The van der Waals surface area contributed by atoms with Crippen molar-refractivity contribution in [3.8, 4) is 11.5 Å². The molecule has 1 aliphatic heterocycles. The van der Waals surface area contributed by atoms with Crippen LogP contribution in [0.5, 0.6) is 11.5 Å². The van der Waals surface area contributed by atoms with Gasteiger partial charge in [0.25, 0.3) is 0 Å². The summed E-state index contributed by atoms with van der Waals surface area (Å²) in [7, 11) is 3.12. The van der Waals surface area contributed by atoms with Gasteiger partial charge < -0.3 is 19.6 Å². The minimum atomic E-state index is -0.382. The number of carbonyl (C=O) groups is 1. The van der Waals surface area contributed by atoms with E-state index in [-0.39, 0.29) is 6.04 Å². The van der Waals surface area contributed by atoms with Crippen molar-refractivity contribution in [1.29, 1.82) is 0 Å². The number of benzene rings is 1. The Morgan fingerprint density at radius 2 is 2.00 bits per heavy atom. The van der Waals surface area contributed by atoms with Crippen LogP contribution in [0.1, 0.15) is 11.6 Å². The van der Waals surface area contributed by atoms with Crippen LogP contribution >= 0.6 is 0 Å². The number of rotatable bonds is 3. The first kappa shape index (κ1) is 10.5. The number of methoxy groups -OCH3 is 2. The highest BCUT2D eigenvalue weighted by atomic mass is 16.5. The van der Waals surface area contributed by atoms with Crippen molar-refractivity contribution in [3.63, 3.8) is 0 Å². The molecule has 1 unspecified atom stereocenters. The molecule has 16 heavy (non-hydrogen) atoms. The lowest BCUT2D eigenvalue weighted by molar-refractivity contribution is -0.109. The Morgan fingerprint density at radius 1 is 1.31 bits per heavy atom. The van der Waals surface area contributed by atoms with E-state index in [2.05, 4.69) is 10.3 Å². The van der Waals surface area contributed by atoms with Gasteiger partial charge in [-0.3, -0.25) is 0 Å². The minimum absolute atomic E-state index is 0.382. The first-order valence-corrected chi connectivity index (χ1v) is 4.80. The third-order valence-corrected chi connectivity index (χ3v) is 2.46. The number of hydrogen-bond acceptors (Lipinski definition) is 5. The Balaban J connectivity index is 2.55. The zero-order valence-corrected chi connectivity index (χ0v) is 9.06. The summed E-state index contributed by atoms with van der Waals surface area (Å²) in [6.45, 7) is 0. The highest BCUT2D eigenvalue weighted by Gasteiger charge is 2.20. The van der Waals surface area contributed by atoms with E-state index >= 15 is 0 Å². The molecule has 1 aliphatic rings. The topological polar surface area (TPSA) is 59.9 Å². The Morgan fingerprint density at radius 3 is 2.62 bits per heavy atom. The number of hydrogen-bond donors (Lipinski definition) is 1. The van der Waals surface area contributed by atoms with Gasteiger partial charge in [0.05, 0.1) is 26.2 Å². The molecular weight excluding hydrogens is 208 g/mol. The number of ether oxygens (including phenoxy) is 2. The normalized spacial score (nSPS) is 17.2. The van der Waals surface area contributed by atoms with E-state index in [1.807, 2.05) is 0 Å². The fraction of sp³-hybridized carbons (Fsp3) is 0.273. The Hall–Kier alpha value is -2.04. The zero-order chi connectivity index (χ0) is 11.5. The maximum Gasteiger partial charge on any atom is 0.162 e. The second-order valence-corrected chi connectivity index (χ2v) is 3.30. The Labute approximate surface area is 93.1 Å². The van der Waals surface area contributed by atoms with Crippen LogP contribution in [0.25, 0.3) is 0 Å². The van der Waals surface area contributed by atoms with Gasteiger partial charge in [0.2, 0.25) is 0 Å². The molecule has 0 fully saturated rings. The van der Waals surface area contributed by atoms with E-state index in [9.17, 15) is 4.79 Å². The van der Waals surface area contributed by atoms with Gasteiger partial charge in [0.15, 0.2) is 11.5 Å². The molecule has 5 nitrogen and oxygen atoms in total. The molecule has 1 heterocycles. The number of fused-ring (bicyclic) bond motifs is 1. The van der Waals surface area contributed by atoms with Gasteiger partial charge in [-0.1, -0.05) is 0 Å². The maximum atomic E-state index is 10.9. The van der Waals surface area contributed by atoms with E-state index in [0.717, 1.165) is 11.8 Å². The van der Waals surface area contributed by atoms with E-state index in [4.69, 9.17) is 9.47 Å². The largest absolute Gasteiger partial charge is 0.493 e. The lowest BCUT2D eigenvalue weighted by Gasteiger charge is -2.19. The molecule has 1 atom stereocenters. The van der Waals surface area contributed by atoms with Gasteiger partial charge in [-0.2, -0.15) is 0 Å². The maximum absolute atomic E-state index is 10.9. The first-order valence-electron chi connectivity index (χ1n) is 4.80. The van der Waals surface area contributed by atoms with Gasteiger partial charge >= 0.3 is 0 Å². The van der Waals surface area contributed by atoms with E-state index in [1.165, 1.54) is 6.34 Å². The molecule has 1 N–H and O–H groups in total. The van der Waals surface area contributed by atoms with Crippen LogP contribution in [-0.4, -0.2) is 26.8 Å². The molecule has 84 valence electrons. The average Bonchev–Trinajstić information content (AvgIpc) is 2.36. The Kier molecular flexibility index (Phi) is 2.76. The van der Waals surface area contributed by atoms with Crippen molar-refractivity contribution in [1.82, 2.24) is 5.32 Å². The number of aliphatic imine (C=N–C) groups is 1. The predicted molar refractivity (Wildman–Crippen MR) is 59.6 cm³/mol. The van der Waals surface area contributed by atoms with Crippen LogP contribution in [-0.2, 0) is 4.79 Å². The molecule has 0 bridgehead atoms. The van der Waals surface area contributed by atoms with Gasteiger partial charge in [-0.15, -0.1) is 0 Å². The van der Waals surface area contributed by atoms with E-state index < -0.39 is 0 Å². The van der Waals surface area contributed by atoms with Crippen molar-refractivity contribution in [2.45, 2.75) is 6.04 Å². The molecule has 0 aromatic heterocycles. The van der Waals surface area contributed by atoms with Crippen LogP contribution in [0.4, 0.5) is 5.69 Å². The van der Waals surface area contributed by atoms with Crippen LogP contribution in [0, 0.1) is 0 Å². The minimum Gasteiger partial charge on any atom is -0.493 e. The Bertz CT molecular complexity index is 443. The summed E-state index contributed by atoms with van der Waals surface area (Å²) in [4.78, 5) is 15.0. The third kappa shape index (κ3) is 1.60. The highest BCUT2D eigenvalue weighted by Crippen LogP contribution is 2.38. The molecule has 0 amide bonds. The van der Waals surface area contributed by atoms with Gasteiger partial charge in [-0.25, -0.2) is 4.99 Å². The van der Waals surface area contributed by atoms with E-state index in [1.54, 1.807) is 26.4 Å². The number of aldehydes is 1. The van der Waals surface area contributed by atoms with Gasteiger partial charge in [-0.05, 0) is 6.07 Å². The van der Waals surface area contributed by atoms with Gasteiger partial charge in [0.1, 0.15) is 12.3 Å². The lowest BCUT2D eigenvalue weighted by Crippen LogP contribution is -2.23. The van der Waals surface area contributed by atoms with Crippen LogP contribution in [0.3, 0.4) is 0 Å². The second-order valence-electron chi connectivity index (χ2n) is 3.30. The summed E-state index contributed by atoms with van der Waals surface area (Å²) in [5, 5.41) is 2.86. The molecule has 1 aromatic carbocycles. The van der Waals surface area contributed by atoms with Crippen LogP contribution in [0.2, 0.25) is 0 Å². The molecule has 0 aliphatic carbocycles. The number of nitrogens with one attached hydrogen (secondary N) is 1. The summed E-state index contributed by atoms with van der Waals surface area (Å²) in [5.74, 6) is 1.19. The van der Waals surface area contributed by atoms with Crippen LogP contribution in [0.15, 0.2) is 17.1 Å². The predicted octanol–water partition coefficient (Wildman–Crippen LogP) is 1.21. The standard InChI is InChI=1S/C11H12N2O3/c1-15-10-3-7-8(4-11(10)16-2)12-6-13-9(7)5-14/h3-6,9H,1-2H3,(H,12,13). The summed E-state index contributed by atoms with van der Waals surface area (Å²) in [6, 6.07) is 3.13. The molecule has 2 rings (SSSR count). The van der Waals surface area contributed by atoms with Crippen molar-refractivity contribution in [2.24, 2.45) is 4.99 Å². The van der Waals surface area contributed by atoms with Gasteiger partial charge in [0, 0.05) is 11.6 Å². The highest BCUT2D eigenvalue weighted by molar-refractivity contribution is 5.79. The molecule has 0 saturated carbocycles. The molecule has 5 heteroatoms. The summed E-state index contributed by atoms with van der Waals surface area (Å²) in [5.41, 5.74) is 1.50. The van der Waals surface area contributed by atoms with Crippen molar-refractivity contribution < 1.29 is 14.3 Å². The lowest BCUT2D eigenvalue weighted by atomic mass is 10.0. The smallest absolute Gasteiger partial charge is 0.162 e. The zero-order valence-electron chi connectivity index (χ0n) is 9.06. The summed E-state index contributed by atoms with van der Waals surface area (Å²) in [6.07, 6.45) is 2.34. The molecule has 0 spiro atoms. The quantitative estimate of drug-likeness (QED) is 0.778. The summed E-state index contributed by atoms with van der Waals surface area (Å²) < 4.78 is 10.3. The van der Waals surface area contributed by atoms with Crippen molar-refractivity contribution in [2.75, 3.05) is 14.2 Å². The molecule has 0 radical (unpaired) electrons. The second kappa shape index (κ2) is 4.22. The van der Waals surface area contributed by atoms with Crippen molar-refractivity contribution in [3.05, 3.63) is 17.7 Å². The average molecular weight is 220 g/mol. The van der Waals surface area contributed by atoms with Crippen molar-refractivity contribution >= 4 is 18.3 Å². The fourth-order valence-corrected chi connectivity index (χ4v) is 1.63. The molecular formula is C11H12N2O3. The molecule has 1 aromatic rings. The summed E-state index contributed by atoms with van der Waals surface area (Å²) >= 11 is 0. The SMILES string of the molecule is COc1cc2c(cc1OC)C(C=O)NC=N2. The number of nitrogens with zero attached hydrogens (tertiary/aromatic N) is 1. The third-order valence-electron chi connectivity index (χ3n) is 2.46. The fourth-order valence-electron chi connectivity index (χ4n) is 1.63. The number of carbonyl (C=O) groups excluding carboxylic acids is 1. The first-order chi connectivity index (χ1) is 7.80.